The van der Waals surface area contributed by atoms with E-state index in [1.54, 1.807) is 0 Å². The van der Waals surface area contributed by atoms with Gasteiger partial charge in [0.15, 0.2) is 0 Å². The van der Waals surface area contributed by atoms with Crippen molar-refractivity contribution in [3.63, 3.8) is 0 Å². The molecule has 0 saturated heterocycles. The molecular weight excluding hydrogens is 271 g/mol. The molecule has 1 amide bonds. The lowest BCUT2D eigenvalue weighted by molar-refractivity contribution is 0.0955. The fraction of sp³-hybridized carbons (Fsp3) is 0.125. The van der Waals surface area contributed by atoms with Crippen LogP contribution < -0.4 is 10.2 Å². The number of carbonyl (C=O) groups is 1. The van der Waals surface area contributed by atoms with Gasteiger partial charge in [-0.05, 0) is 48.9 Å². The molecule has 0 fully saturated rings. The molecule has 0 unspecified atom stereocenters. The molecule has 0 atom stereocenters. The van der Waals surface area contributed by atoms with Crippen LogP contribution in [0.3, 0.4) is 0 Å². The van der Waals surface area contributed by atoms with Crippen LogP contribution in [0.5, 0.6) is 5.75 Å². The molecule has 0 spiro atoms. The number of nitrogens with zero attached hydrogens (tertiary/aromatic N) is 1. The molecule has 5 heteroatoms. The topological polar surface area (TPSA) is 50.7 Å². The van der Waals surface area contributed by atoms with Crippen molar-refractivity contribution in [2.24, 2.45) is 5.10 Å². The summed E-state index contributed by atoms with van der Waals surface area (Å²) in [7, 11) is 0. The molecule has 0 aliphatic carbocycles. The number of hydrogen-bond acceptors (Lipinski definition) is 3. The Bertz CT molecular complexity index is 639. The number of carbonyl (C=O) groups excluding carboxylic acids is 1. The minimum atomic E-state index is -0.396. The van der Waals surface area contributed by atoms with E-state index in [0.717, 1.165) is 11.3 Å². The third-order valence-corrected chi connectivity index (χ3v) is 2.66. The monoisotopic (exact) mass is 286 g/mol. The highest BCUT2D eigenvalue weighted by Crippen LogP contribution is 2.11. The third kappa shape index (κ3) is 4.42. The molecule has 108 valence electrons. The average Bonchev–Trinajstić information content (AvgIpc) is 2.48. The van der Waals surface area contributed by atoms with Crippen molar-refractivity contribution < 1.29 is 13.9 Å². The van der Waals surface area contributed by atoms with Crippen LogP contribution in [0.15, 0.2) is 53.6 Å². The summed E-state index contributed by atoms with van der Waals surface area (Å²) < 4.78 is 18.1. The molecule has 0 aliphatic rings. The number of hydrazone groups is 1. The fourth-order valence-electron chi connectivity index (χ4n) is 1.68. The second kappa shape index (κ2) is 7.19. The Morgan fingerprint density at radius 2 is 2.05 bits per heavy atom. The first-order valence-electron chi connectivity index (χ1n) is 6.51. The maximum Gasteiger partial charge on any atom is 0.271 e. The molecule has 2 aromatic carbocycles. The van der Waals surface area contributed by atoms with Crippen LogP contribution in [0.4, 0.5) is 4.39 Å². The fourth-order valence-corrected chi connectivity index (χ4v) is 1.68. The zero-order chi connectivity index (χ0) is 15.1. The molecule has 2 aromatic rings. The molecule has 1 N–H and O–H groups in total. The first-order valence-corrected chi connectivity index (χ1v) is 6.51. The number of benzene rings is 2. The van der Waals surface area contributed by atoms with Crippen molar-refractivity contribution in [2.75, 3.05) is 6.61 Å². The van der Waals surface area contributed by atoms with Gasteiger partial charge in [0.1, 0.15) is 11.6 Å². The molecule has 0 radical (unpaired) electrons. The molecule has 21 heavy (non-hydrogen) atoms. The molecule has 0 aliphatic heterocycles. The number of amides is 1. The first-order chi connectivity index (χ1) is 10.2. The standard InChI is InChI=1S/C16H15FN2O2/c1-2-21-15-5-3-4-12(10-15)11-18-19-16(20)13-6-8-14(17)9-7-13/h3-11H,2H2,1H3,(H,19,20)/b18-11-. The van der Waals surface area contributed by atoms with Gasteiger partial charge in [0.2, 0.25) is 0 Å². The van der Waals surface area contributed by atoms with Crippen molar-refractivity contribution >= 4 is 12.1 Å². The number of ether oxygens (including phenoxy) is 1. The average molecular weight is 286 g/mol. The zero-order valence-corrected chi connectivity index (χ0v) is 11.5. The lowest BCUT2D eigenvalue weighted by atomic mass is 10.2. The molecule has 2 rings (SSSR count). The van der Waals surface area contributed by atoms with Crippen molar-refractivity contribution in [3.05, 3.63) is 65.5 Å². The van der Waals surface area contributed by atoms with Gasteiger partial charge in [0, 0.05) is 5.56 Å². The Morgan fingerprint density at radius 3 is 2.76 bits per heavy atom. The molecule has 0 aromatic heterocycles. The van der Waals surface area contributed by atoms with E-state index >= 15 is 0 Å². The van der Waals surface area contributed by atoms with E-state index in [9.17, 15) is 9.18 Å². The van der Waals surface area contributed by atoms with E-state index < -0.39 is 5.91 Å². The summed E-state index contributed by atoms with van der Waals surface area (Å²) in [4.78, 5) is 11.7. The number of nitrogens with one attached hydrogen (secondary N) is 1. The Hall–Kier alpha value is -2.69. The second-order valence-corrected chi connectivity index (χ2v) is 4.21. The quantitative estimate of drug-likeness (QED) is 0.678. The van der Waals surface area contributed by atoms with Crippen molar-refractivity contribution in [3.8, 4) is 5.75 Å². The molecule has 4 nitrogen and oxygen atoms in total. The summed E-state index contributed by atoms with van der Waals surface area (Å²) >= 11 is 0. The first kappa shape index (κ1) is 14.7. The van der Waals surface area contributed by atoms with Crippen LogP contribution in [-0.2, 0) is 0 Å². The van der Waals surface area contributed by atoms with Crippen molar-refractivity contribution in [1.82, 2.24) is 5.43 Å². The lowest BCUT2D eigenvalue weighted by Gasteiger charge is -2.03. The Morgan fingerprint density at radius 1 is 1.29 bits per heavy atom. The van der Waals surface area contributed by atoms with E-state index in [2.05, 4.69) is 10.5 Å². The van der Waals surface area contributed by atoms with Gasteiger partial charge in [-0.25, -0.2) is 9.82 Å². The summed E-state index contributed by atoms with van der Waals surface area (Å²) in [5.41, 5.74) is 3.54. The van der Waals surface area contributed by atoms with Crippen molar-refractivity contribution in [2.45, 2.75) is 6.92 Å². The number of rotatable bonds is 5. The van der Waals surface area contributed by atoms with Crippen molar-refractivity contribution in [1.29, 1.82) is 0 Å². The second-order valence-electron chi connectivity index (χ2n) is 4.21. The lowest BCUT2D eigenvalue weighted by Crippen LogP contribution is -2.17. The highest BCUT2D eigenvalue weighted by Gasteiger charge is 2.03. The van der Waals surface area contributed by atoms with Crippen LogP contribution in [-0.4, -0.2) is 18.7 Å². The van der Waals surface area contributed by atoms with Gasteiger partial charge < -0.3 is 4.74 Å². The maximum absolute atomic E-state index is 12.8. The summed E-state index contributed by atoms with van der Waals surface area (Å²) in [5.74, 6) is -0.0404. The maximum atomic E-state index is 12.8. The predicted molar refractivity (Wildman–Crippen MR) is 79.1 cm³/mol. The minimum Gasteiger partial charge on any atom is -0.494 e. The zero-order valence-electron chi connectivity index (χ0n) is 11.5. The normalized spacial score (nSPS) is 10.6. The minimum absolute atomic E-state index is 0.344. The summed E-state index contributed by atoms with van der Waals surface area (Å²) in [6.45, 7) is 2.49. The Balaban J connectivity index is 1.97. The van der Waals surface area contributed by atoms with E-state index in [4.69, 9.17) is 4.74 Å². The van der Waals surface area contributed by atoms with Crippen LogP contribution in [0.1, 0.15) is 22.8 Å². The Labute approximate surface area is 122 Å². The highest BCUT2D eigenvalue weighted by molar-refractivity contribution is 5.94. The van der Waals surface area contributed by atoms with E-state index in [0.29, 0.717) is 12.2 Å². The van der Waals surface area contributed by atoms with Gasteiger partial charge in [0.05, 0.1) is 12.8 Å². The SMILES string of the molecule is CCOc1cccc(/C=N\NC(=O)c2ccc(F)cc2)c1. The van der Waals surface area contributed by atoms with Gasteiger partial charge in [-0.2, -0.15) is 5.10 Å². The summed E-state index contributed by atoms with van der Waals surface area (Å²) in [6.07, 6.45) is 1.52. The van der Waals surface area contributed by atoms with Gasteiger partial charge in [0.25, 0.3) is 5.91 Å². The number of hydrogen-bond donors (Lipinski definition) is 1. The number of halogens is 1. The van der Waals surface area contributed by atoms with Crippen LogP contribution >= 0.6 is 0 Å². The van der Waals surface area contributed by atoms with Crippen LogP contribution in [0, 0.1) is 5.82 Å². The predicted octanol–water partition coefficient (Wildman–Crippen LogP) is 2.99. The van der Waals surface area contributed by atoms with E-state index in [1.165, 1.54) is 30.5 Å². The van der Waals surface area contributed by atoms with Gasteiger partial charge in [-0.1, -0.05) is 12.1 Å². The third-order valence-electron chi connectivity index (χ3n) is 2.66. The molecule has 0 heterocycles. The smallest absolute Gasteiger partial charge is 0.271 e. The largest absolute Gasteiger partial charge is 0.494 e. The van der Waals surface area contributed by atoms with E-state index in [-0.39, 0.29) is 5.82 Å². The molecule has 0 bridgehead atoms. The summed E-state index contributed by atoms with van der Waals surface area (Å²) in [5, 5.41) is 3.87. The van der Waals surface area contributed by atoms with E-state index in [1.807, 2.05) is 31.2 Å². The Kier molecular flexibility index (Phi) is 5.04. The summed E-state index contributed by atoms with van der Waals surface area (Å²) in [6, 6.07) is 12.6. The molecule has 0 saturated carbocycles. The van der Waals surface area contributed by atoms with Crippen LogP contribution in [0.25, 0.3) is 0 Å². The highest BCUT2D eigenvalue weighted by atomic mass is 19.1. The van der Waals surface area contributed by atoms with Gasteiger partial charge in [-0.3, -0.25) is 4.79 Å². The van der Waals surface area contributed by atoms with Crippen LogP contribution in [0.2, 0.25) is 0 Å². The van der Waals surface area contributed by atoms with Gasteiger partial charge in [-0.15, -0.1) is 0 Å². The molecular formula is C16H15FN2O2. The van der Waals surface area contributed by atoms with Gasteiger partial charge >= 0.3 is 0 Å².